The van der Waals surface area contributed by atoms with Crippen LogP contribution in [0.15, 0.2) is 28.8 Å². The summed E-state index contributed by atoms with van der Waals surface area (Å²) in [7, 11) is 0. The van der Waals surface area contributed by atoms with Crippen LogP contribution in [0.1, 0.15) is 49.9 Å². The third kappa shape index (κ3) is 4.84. The fourth-order valence-corrected chi connectivity index (χ4v) is 3.14. The molecule has 0 radical (unpaired) electrons. The predicted octanol–water partition coefficient (Wildman–Crippen LogP) is 3.36. The van der Waals surface area contributed by atoms with Crippen LogP contribution in [0.25, 0.3) is 0 Å². The highest BCUT2D eigenvalue weighted by Gasteiger charge is 2.28. The fourth-order valence-electron chi connectivity index (χ4n) is 3.14. The van der Waals surface area contributed by atoms with E-state index in [-0.39, 0.29) is 11.8 Å². The molecule has 6 heteroatoms. The molecule has 1 amide bonds. The van der Waals surface area contributed by atoms with Gasteiger partial charge >= 0.3 is 0 Å². The molecule has 26 heavy (non-hydrogen) atoms. The monoisotopic (exact) mass is 357 g/mol. The maximum Gasteiger partial charge on any atom is 0.231 e. The van der Waals surface area contributed by atoms with E-state index in [1.807, 2.05) is 36.1 Å². The molecule has 1 atom stereocenters. The van der Waals surface area contributed by atoms with E-state index < -0.39 is 0 Å². The Balaban J connectivity index is 1.55. The summed E-state index contributed by atoms with van der Waals surface area (Å²) in [5.41, 5.74) is 1.00. The van der Waals surface area contributed by atoms with Gasteiger partial charge in [-0.15, -0.1) is 0 Å². The van der Waals surface area contributed by atoms with Crippen LogP contribution in [0.5, 0.6) is 5.75 Å². The maximum absolute atomic E-state index is 12.7. The molecule has 1 unspecified atom stereocenters. The van der Waals surface area contributed by atoms with E-state index in [1.54, 1.807) is 0 Å². The first-order valence-electron chi connectivity index (χ1n) is 9.31. The van der Waals surface area contributed by atoms with Crippen molar-refractivity contribution < 1.29 is 14.1 Å². The number of likely N-dealkylation sites (tertiary alicyclic amines) is 1. The molecule has 0 bridgehead atoms. The quantitative estimate of drug-likeness (QED) is 0.793. The van der Waals surface area contributed by atoms with Crippen LogP contribution in [-0.2, 0) is 11.2 Å². The molecule has 1 fully saturated rings. The molecule has 0 saturated carbocycles. The minimum Gasteiger partial charge on any atom is -0.493 e. The van der Waals surface area contributed by atoms with E-state index in [2.05, 4.69) is 24.0 Å². The molecular weight excluding hydrogens is 330 g/mol. The number of benzene rings is 1. The van der Waals surface area contributed by atoms with Gasteiger partial charge in [0, 0.05) is 13.1 Å². The van der Waals surface area contributed by atoms with E-state index >= 15 is 0 Å². The number of piperidine rings is 1. The van der Waals surface area contributed by atoms with Crippen LogP contribution in [0.2, 0.25) is 0 Å². The second kappa shape index (κ2) is 8.34. The Labute approximate surface area is 154 Å². The smallest absolute Gasteiger partial charge is 0.231 e. The van der Waals surface area contributed by atoms with Crippen LogP contribution in [0.3, 0.4) is 0 Å². The fraction of sp³-hybridized carbons (Fsp3) is 0.550. The van der Waals surface area contributed by atoms with Crippen LogP contribution >= 0.6 is 0 Å². The summed E-state index contributed by atoms with van der Waals surface area (Å²) in [5, 5.41) is 3.86. The number of ether oxygens (including phenoxy) is 1. The van der Waals surface area contributed by atoms with Crippen molar-refractivity contribution >= 4 is 5.91 Å². The maximum atomic E-state index is 12.7. The molecule has 1 aromatic heterocycles. The average molecular weight is 357 g/mol. The Morgan fingerprint density at radius 1 is 1.35 bits per heavy atom. The molecule has 6 nitrogen and oxygen atoms in total. The third-order valence-corrected chi connectivity index (χ3v) is 4.53. The van der Waals surface area contributed by atoms with Crippen LogP contribution < -0.4 is 4.74 Å². The van der Waals surface area contributed by atoms with Gasteiger partial charge in [0.1, 0.15) is 5.75 Å². The van der Waals surface area contributed by atoms with Crippen molar-refractivity contribution in [3.8, 4) is 5.75 Å². The Morgan fingerprint density at radius 3 is 2.77 bits per heavy atom. The molecule has 2 aromatic rings. The van der Waals surface area contributed by atoms with E-state index in [4.69, 9.17) is 9.26 Å². The zero-order valence-corrected chi connectivity index (χ0v) is 15.8. The topological polar surface area (TPSA) is 68.5 Å². The number of nitrogens with zero attached hydrogens (tertiary/aromatic N) is 3. The van der Waals surface area contributed by atoms with Crippen molar-refractivity contribution in [3.05, 3.63) is 41.5 Å². The van der Waals surface area contributed by atoms with Crippen LogP contribution in [0, 0.1) is 12.8 Å². The second-order valence-corrected chi connectivity index (χ2v) is 7.38. The lowest BCUT2D eigenvalue weighted by atomic mass is 9.97. The Hall–Kier alpha value is -2.37. The minimum atomic E-state index is 0.140. The van der Waals surface area contributed by atoms with Crippen molar-refractivity contribution in [1.29, 1.82) is 0 Å². The van der Waals surface area contributed by atoms with Gasteiger partial charge in [0.15, 0.2) is 5.82 Å². The molecule has 0 N–H and O–H groups in total. The summed E-state index contributed by atoms with van der Waals surface area (Å²) in [6.45, 7) is 8.19. The first kappa shape index (κ1) is 18.4. The Bertz CT molecular complexity index is 724. The van der Waals surface area contributed by atoms with Gasteiger partial charge in [-0.05, 0) is 43.4 Å². The van der Waals surface area contributed by atoms with Gasteiger partial charge in [0.25, 0.3) is 0 Å². The van der Waals surface area contributed by atoms with Gasteiger partial charge in [-0.2, -0.15) is 4.98 Å². The predicted molar refractivity (Wildman–Crippen MR) is 98.1 cm³/mol. The zero-order chi connectivity index (χ0) is 18.5. The normalized spacial score (nSPS) is 17.5. The number of carbonyl (C=O) groups is 1. The number of amides is 1. The van der Waals surface area contributed by atoms with Gasteiger partial charge < -0.3 is 14.2 Å². The highest BCUT2D eigenvalue weighted by atomic mass is 16.5. The number of hydrogen-bond donors (Lipinski definition) is 0. The van der Waals surface area contributed by atoms with Gasteiger partial charge in [-0.3, -0.25) is 4.79 Å². The zero-order valence-electron chi connectivity index (χ0n) is 15.8. The lowest BCUT2D eigenvalue weighted by Gasteiger charge is -2.31. The standard InChI is InChI=1S/C20H27N3O3/c1-14(2)13-25-18-8-6-16(7-9-18)11-19(24)23-10-4-5-17(12-23)20-21-15(3)22-26-20/h6-9,14,17H,4-5,10-13H2,1-3H3. The van der Waals surface area contributed by atoms with Gasteiger partial charge in [-0.25, -0.2) is 0 Å². The number of hydrogen-bond acceptors (Lipinski definition) is 5. The molecule has 2 heterocycles. The first-order valence-corrected chi connectivity index (χ1v) is 9.31. The van der Waals surface area contributed by atoms with Gasteiger partial charge in [0.2, 0.25) is 11.8 Å². The number of carbonyl (C=O) groups excluding carboxylic acids is 1. The highest BCUT2D eigenvalue weighted by Crippen LogP contribution is 2.26. The van der Waals surface area contributed by atoms with Gasteiger partial charge in [-0.1, -0.05) is 31.1 Å². The summed E-state index contributed by atoms with van der Waals surface area (Å²) in [6, 6.07) is 7.81. The summed E-state index contributed by atoms with van der Waals surface area (Å²) >= 11 is 0. The van der Waals surface area contributed by atoms with Crippen molar-refractivity contribution in [2.45, 2.75) is 46.0 Å². The van der Waals surface area contributed by atoms with Crippen molar-refractivity contribution in [3.63, 3.8) is 0 Å². The lowest BCUT2D eigenvalue weighted by molar-refractivity contribution is -0.131. The molecule has 0 aliphatic carbocycles. The van der Waals surface area contributed by atoms with E-state index in [0.29, 0.717) is 37.2 Å². The Kier molecular flexibility index (Phi) is 5.91. The summed E-state index contributed by atoms with van der Waals surface area (Å²) < 4.78 is 11.0. The molecule has 3 rings (SSSR count). The number of aromatic nitrogens is 2. The second-order valence-electron chi connectivity index (χ2n) is 7.38. The summed E-state index contributed by atoms with van der Waals surface area (Å²) in [5.74, 6) is 2.91. The van der Waals surface area contributed by atoms with E-state index in [0.717, 1.165) is 30.7 Å². The molecule has 1 saturated heterocycles. The molecular formula is C20H27N3O3. The molecule has 1 aliphatic heterocycles. The average Bonchev–Trinajstić information content (AvgIpc) is 3.07. The van der Waals surface area contributed by atoms with Crippen LogP contribution in [-0.4, -0.2) is 40.6 Å². The summed E-state index contributed by atoms with van der Waals surface area (Å²) in [6.07, 6.45) is 2.34. The van der Waals surface area contributed by atoms with Crippen molar-refractivity contribution in [2.24, 2.45) is 5.92 Å². The molecule has 1 aliphatic rings. The third-order valence-electron chi connectivity index (χ3n) is 4.53. The Morgan fingerprint density at radius 2 is 2.12 bits per heavy atom. The van der Waals surface area contributed by atoms with Gasteiger partial charge in [0.05, 0.1) is 18.9 Å². The van der Waals surface area contributed by atoms with Crippen LogP contribution in [0.4, 0.5) is 0 Å². The van der Waals surface area contributed by atoms with Crippen molar-refractivity contribution in [2.75, 3.05) is 19.7 Å². The lowest BCUT2D eigenvalue weighted by Crippen LogP contribution is -2.40. The molecule has 0 spiro atoms. The van der Waals surface area contributed by atoms with E-state index in [9.17, 15) is 4.79 Å². The number of rotatable bonds is 6. The highest BCUT2D eigenvalue weighted by molar-refractivity contribution is 5.79. The SMILES string of the molecule is Cc1noc(C2CCCN(C(=O)Cc3ccc(OCC(C)C)cc3)C2)n1. The first-order chi connectivity index (χ1) is 12.5. The number of aryl methyl sites for hydroxylation is 1. The minimum absolute atomic E-state index is 0.140. The molecule has 1 aromatic carbocycles. The largest absolute Gasteiger partial charge is 0.493 e. The molecule has 140 valence electrons. The van der Waals surface area contributed by atoms with Crippen molar-refractivity contribution in [1.82, 2.24) is 15.0 Å². The van der Waals surface area contributed by atoms with E-state index in [1.165, 1.54) is 0 Å². The summed E-state index contributed by atoms with van der Waals surface area (Å²) in [4.78, 5) is 18.9.